The van der Waals surface area contributed by atoms with E-state index >= 15 is 0 Å². The number of benzene rings is 4. The Morgan fingerprint density at radius 2 is 1.65 bits per heavy atom. The van der Waals surface area contributed by atoms with Gasteiger partial charge in [-0.15, -0.1) is 0 Å². The summed E-state index contributed by atoms with van der Waals surface area (Å²) >= 11 is 0. The van der Waals surface area contributed by atoms with Crippen LogP contribution in [0.15, 0.2) is 106 Å². The Kier molecular flexibility index (Phi) is 8.64. The highest BCUT2D eigenvalue weighted by Crippen LogP contribution is 2.77. The summed E-state index contributed by atoms with van der Waals surface area (Å²) in [4.78, 5) is 10.1. The number of nitrogens with zero attached hydrogens (tertiary/aromatic N) is 2. The second-order valence-electron chi connectivity index (χ2n) is 19.6. The van der Waals surface area contributed by atoms with Crippen molar-refractivity contribution in [3.8, 4) is 28.7 Å². The van der Waals surface area contributed by atoms with Gasteiger partial charge in [0.05, 0.1) is 23.2 Å². The van der Waals surface area contributed by atoms with E-state index in [2.05, 4.69) is 66.2 Å². The zero-order valence-corrected chi connectivity index (χ0v) is 35.2. The first-order chi connectivity index (χ1) is 30.6. The molecule has 0 saturated heterocycles. The Hall–Kier alpha value is -5.90. The number of nitrogens with one attached hydrogen (secondary N) is 1. The van der Waals surface area contributed by atoms with E-state index in [1.165, 1.54) is 67.0 Å². The molecule has 2 heterocycles. The van der Waals surface area contributed by atoms with Gasteiger partial charge in [-0.05, 0) is 137 Å². The van der Waals surface area contributed by atoms with E-state index < -0.39 is 11.5 Å². The quantitative estimate of drug-likeness (QED) is 0.0579. The Labute approximate surface area is 367 Å². The molecular formula is C54H53N3O6. The Bertz CT molecular complexity index is 2850. The third kappa shape index (κ3) is 5.36. The second kappa shape index (κ2) is 14.1. The number of allylic oxidation sites excluding steroid dienone is 2. The molecule has 6 aliphatic carbocycles. The average Bonchev–Trinajstić information content (AvgIpc) is 4.07. The molecule has 3 fully saturated rings. The van der Waals surface area contributed by atoms with Crippen molar-refractivity contribution in [2.45, 2.75) is 82.4 Å². The van der Waals surface area contributed by atoms with Gasteiger partial charge in [0.1, 0.15) is 12.4 Å². The van der Waals surface area contributed by atoms with E-state index in [9.17, 15) is 30.6 Å². The van der Waals surface area contributed by atoms with Crippen LogP contribution in [0.5, 0.6) is 28.7 Å². The maximum absolute atomic E-state index is 12.5. The maximum atomic E-state index is 12.5. The number of aromatic hydroxyl groups is 5. The maximum Gasteiger partial charge on any atom is 0.169 e. The largest absolute Gasteiger partial charge is 0.507 e. The predicted molar refractivity (Wildman–Crippen MR) is 247 cm³/mol. The molecule has 320 valence electrons. The highest BCUT2D eigenvalue weighted by molar-refractivity contribution is 6.35. The molecule has 0 unspecified atom stereocenters. The van der Waals surface area contributed by atoms with Crippen LogP contribution in [0.1, 0.15) is 90.8 Å². The molecular weight excluding hydrogens is 787 g/mol. The van der Waals surface area contributed by atoms with Gasteiger partial charge < -0.3 is 30.6 Å². The van der Waals surface area contributed by atoms with Gasteiger partial charge in [-0.3, -0.25) is 15.3 Å². The number of aliphatic imine (C=N–C) groups is 2. The smallest absolute Gasteiger partial charge is 0.169 e. The van der Waals surface area contributed by atoms with E-state index in [1.807, 2.05) is 6.08 Å². The lowest BCUT2D eigenvalue weighted by Gasteiger charge is -2.71. The third-order valence-electron chi connectivity index (χ3n) is 17.2. The molecule has 0 amide bonds. The monoisotopic (exact) mass is 839 g/mol. The molecule has 8 aliphatic rings. The van der Waals surface area contributed by atoms with Crippen LogP contribution in [0, 0.1) is 34.0 Å². The number of hydrogen-bond donors (Lipinski definition) is 7. The summed E-state index contributed by atoms with van der Waals surface area (Å²) in [7, 11) is 0. The van der Waals surface area contributed by atoms with Gasteiger partial charge in [0.2, 0.25) is 0 Å². The molecule has 2 spiro atoms. The van der Waals surface area contributed by atoms with Crippen molar-refractivity contribution in [3.05, 3.63) is 130 Å². The Balaban J connectivity index is 0.912. The fraction of sp³-hybridized carbons (Fsp3) is 0.370. The molecule has 0 radical (unpaired) electrons. The number of rotatable bonds is 6. The van der Waals surface area contributed by atoms with Crippen LogP contribution < -0.4 is 5.32 Å². The molecule has 9 nitrogen and oxygen atoms in total. The fourth-order valence-corrected chi connectivity index (χ4v) is 14.8. The lowest BCUT2D eigenvalue weighted by atomic mass is 9.34. The summed E-state index contributed by atoms with van der Waals surface area (Å²) in [6.45, 7) is 0.456. The highest BCUT2D eigenvalue weighted by atomic mass is 16.3. The fourth-order valence-electron chi connectivity index (χ4n) is 14.8. The molecule has 63 heavy (non-hydrogen) atoms. The lowest BCUT2D eigenvalue weighted by molar-refractivity contribution is -0.167. The molecule has 7 N–H and O–H groups in total. The summed E-state index contributed by atoms with van der Waals surface area (Å²) in [5, 5.41) is 71.1. The summed E-state index contributed by atoms with van der Waals surface area (Å²) in [6, 6.07) is 16.1. The van der Waals surface area contributed by atoms with Gasteiger partial charge in [-0.25, -0.2) is 0 Å². The molecule has 4 aromatic carbocycles. The lowest BCUT2D eigenvalue weighted by Crippen LogP contribution is -2.74. The number of hydrogen-bond acceptors (Lipinski definition) is 9. The number of aliphatic hydroxyl groups is 1. The van der Waals surface area contributed by atoms with Crippen LogP contribution in [0.4, 0.5) is 0 Å². The van der Waals surface area contributed by atoms with Crippen molar-refractivity contribution >= 4 is 40.9 Å². The number of phenols is 5. The van der Waals surface area contributed by atoms with E-state index in [1.54, 1.807) is 24.3 Å². The van der Waals surface area contributed by atoms with E-state index in [4.69, 9.17) is 9.98 Å². The molecule has 0 aromatic heterocycles. The zero-order chi connectivity index (χ0) is 42.8. The van der Waals surface area contributed by atoms with Gasteiger partial charge in [0.15, 0.2) is 23.0 Å². The van der Waals surface area contributed by atoms with Gasteiger partial charge in [-0.2, -0.15) is 0 Å². The van der Waals surface area contributed by atoms with Crippen molar-refractivity contribution < 1.29 is 30.6 Å². The topological polar surface area (TPSA) is 158 Å². The van der Waals surface area contributed by atoms with E-state index in [0.717, 1.165) is 36.1 Å². The van der Waals surface area contributed by atoms with Gasteiger partial charge >= 0.3 is 0 Å². The van der Waals surface area contributed by atoms with E-state index in [-0.39, 0.29) is 63.0 Å². The van der Waals surface area contributed by atoms with Crippen molar-refractivity contribution in [1.29, 1.82) is 0 Å². The Morgan fingerprint density at radius 1 is 0.778 bits per heavy atom. The van der Waals surface area contributed by atoms with Crippen molar-refractivity contribution in [2.75, 3.05) is 6.67 Å². The minimum absolute atomic E-state index is 0.0114. The van der Waals surface area contributed by atoms with Crippen molar-refractivity contribution in [1.82, 2.24) is 5.32 Å². The number of aliphatic hydroxyl groups excluding tert-OH is 1. The molecule has 4 aromatic rings. The summed E-state index contributed by atoms with van der Waals surface area (Å²) < 4.78 is 0. The number of fused-ring (bicyclic) bond motifs is 7. The van der Waals surface area contributed by atoms with Gasteiger partial charge in [0.25, 0.3) is 0 Å². The van der Waals surface area contributed by atoms with Crippen LogP contribution in [-0.2, 0) is 12.8 Å². The van der Waals surface area contributed by atoms with Crippen LogP contribution in [0.25, 0.3) is 29.0 Å². The molecule has 12 rings (SSSR count). The average molecular weight is 840 g/mol. The summed E-state index contributed by atoms with van der Waals surface area (Å²) in [6.07, 6.45) is 29.5. The first kappa shape index (κ1) is 38.7. The van der Waals surface area contributed by atoms with Crippen LogP contribution in [0.3, 0.4) is 0 Å². The summed E-state index contributed by atoms with van der Waals surface area (Å²) in [5.41, 5.74) is 8.52. The minimum Gasteiger partial charge on any atom is -0.507 e. The second-order valence-corrected chi connectivity index (χ2v) is 19.6. The molecule has 3 saturated carbocycles. The molecule has 0 bridgehead atoms. The van der Waals surface area contributed by atoms with Crippen molar-refractivity contribution in [2.24, 2.45) is 44.0 Å². The first-order valence-corrected chi connectivity index (χ1v) is 22.9. The van der Waals surface area contributed by atoms with Gasteiger partial charge in [0, 0.05) is 29.2 Å². The van der Waals surface area contributed by atoms with Crippen LogP contribution in [-0.4, -0.2) is 61.4 Å². The first-order valence-electron chi connectivity index (χ1n) is 22.9. The van der Waals surface area contributed by atoms with Crippen LogP contribution in [0.2, 0.25) is 0 Å². The molecule has 9 heteroatoms. The molecule has 9 atom stereocenters. The normalized spacial score (nSPS) is 33.2. The van der Waals surface area contributed by atoms with Gasteiger partial charge in [-0.1, -0.05) is 97.8 Å². The summed E-state index contributed by atoms with van der Waals surface area (Å²) in [5.74, 6) is -0.308. The standard InChI is InChI=1S/C54H53N3O6/c58-41-18-11-31(25-44(41)61)9-16-38-39-6-1-7-42(59)46(39)49(63)48(62)40(38)17-10-30-8-15-37-32(24-30)12-13-33-26-34-27-36-5-3-21-53(36)23-22-52-20-2-4-35(52)14-19-43(60)50(52)54(53,45-28-55-29-56-45)51(34)57-47(33)37/h1,6-9,11-16,18-19,24-28,35-36,43,47,50-51,57-63H,2-5,10,17,20-23,29H2/b16-9+/t35-,36+,43-,47+,50-,51+,52+,53-,54+/m0/s1. The van der Waals surface area contributed by atoms with E-state index in [0.29, 0.717) is 53.4 Å². The number of aryl methyl sites for hydroxylation is 1. The third-order valence-corrected chi connectivity index (χ3v) is 17.2. The predicted octanol–water partition coefficient (Wildman–Crippen LogP) is 9.61. The number of phenolic OH excluding ortho intramolecular Hbond substituents is 5. The minimum atomic E-state index is -0.547. The SMILES string of the molecule is Oc1ccc(/C=C/c2c(CCc3ccc4c(c3)C=CC3=CC5=C[C@H]6CCC[C@]67CC[C@]68CCC[C@H]6C=C[C@H](O)[C@@H]8[C@]7(C6=NCN=C6)[C@@H]5N[C@H]34)c(O)c(O)c3c(O)cccc23)cc1O. The van der Waals surface area contributed by atoms with Crippen molar-refractivity contribution in [3.63, 3.8) is 0 Å². The van der Waals surface area contributed by atoms with Crippen LogP contribution >= 0.6 is 0 Å². The zero-order valence-electron chi connectivity index (χ0n) is 35.2. The highest BCUT2D eigenvalue weighted by Gasteiger charge is 2.76. The molecule has 2 aliphatic heterocycles. The Morgan fingerprint density at radius 3 is 2.51 bits per heavy atom.